The van der Waals surface area contributed by atoms with Crippen LogP contribution in [0.5, 0.6) is 6.01 Å². The number of alkyl halides is 2. The average molecular weight is 415 g/mol. The quantitative estimate of drug-likeness (QED) is 0.654. The molecule has 0 unspecified atom stereocenters. The second kappa shape index (κ2) is 8.68. The first-order valence-corrected chi connectivity index (χ1v) is 10.6. The molecule has 1 aromatic heterocycles. The molecule has 1 aromatic carbocycles. The van der Waals surface area contributed by atoms with Crippen molar-refractivity contribution in [2.24, 2.45) is 0 Å². The van der Waals surface area contributed by atoms with Crippen molar-refractivity contribution in [2.75, 3.05) is 25.4 Å². The Kier molecular flexibility index (Phi) is 5.99. The number of likely N-dealkylation sites (tertiary alicyclic amines) is 1. The summed E-state index contributed by atoms with van der Waals surface area (Å²) in [7, 11) is 0. The van der Waals surface area contributed by atoms with Crippen LogP contribution in [0.2, 0.25) is 0 Å². The van der Waals surface area contributed by atoms with E-state index in [0.29, 0.717) is 31.5 Å². The molecule has 2 aromatic rings. The molecule has 160 valence electrons. The Morgan fingerprint density at radius 3 is 2.63 bits per heavy atom. The number of benzene rings is 1. The van der Waals surface area contributed by atoms with Crippen molar-refractivity contribution in [3.05, 3.63) is 52.7 Å². The third-order valence-electron chi connectivity index (χ3n) is 5.68. The minimum Gasteiger partial charge on any atom is -0.463 e. The number of nitrogens with two attached hydrogens (primary N) is 1. The molecule has 2 heterocycles. The minimum atomic E-state index is -2.55. The molecular weight excluding hydrogens is 386 g/mol. The van der Waals surface area contributed by atoms with Gasteiger partial charge in [0.05, 0.1) is 18.8 Å². The zero-order valence-electron chi connectivity index (χ0n) is 17.3. The van der Waals surface area contributed by atoms with Crippen LogP contribution in [0.15, 0.2) is 30.3 Å². The van der Waals surface area contributed by atoms with Crippen molar-refractivity contribution in [3.8, 4) is 6.01 Å². The first-order valence-electron chi connectivity index (χ1n) is 10.6. The van der Waals surface area contributed by atoms with Gasteiger partial charge >= 0.3 is 6.01 Å². The smallest absolute Gasteiger partial charge is 0.318 e. The molecular formula is C23H28F2N4O. The minimum absolute atomic E-state index is 0.0478. The van der Waals surface area contributed by atoms with Crippen LogP contribution in [0.25, 0.3) is 5.57 Å². The summed E-state index contributed by atoms with van der Waals surface area (Å²) in [5.74, 6) is -2.07. The zero-order chi connectivity index (χ0) is 21.1. The van der Waals surface area contributed by atoms with Gasteiger partial charge in [-0.15, -0.1) is 0 Å². The first kappa shape index (κ1) is 20.7. The van der Waals surface area contributed by atoms with Crippen LogP contribution in [0, 0.1) is 0 Å². The molecule has 7 heteroatoms. The fourth-order valence-corrected chi connectivity index (χ4v) is 3.98. The molecule has 1 saturated heterocycles. The van der Waals surface area contributed by atoms with Crippen LogP contribution in [0.3, 0.4) is 0 Å². The summed E-state index contributed by atoms with van der Waals surface area (Å²) in [6.07, 6.45) is 5.55. The molecule has 0 saturated carbocycles. The molecule has 0 atom stereocenters. The van der Waals surface area contributed by atoms with Gasteiger partial charge < -0.3 is 10.5 Å². The molecule has 5 nitrogen and oxygen atoms in total. The second-order valence-electron chi connectivity index (χ2n) is 8.16. The standard InChI is InChI=1S/C23H28F2N4O/c1-2-3-12-30-22-27-20-18(8-9-19(20)21(26)28-22)13-16-4-6-17(7-5-16)14-29-11-10-23(24,25)15-29/h4-8H,2-3,9-15H2,1H3,(H2,26,27,28). The lowest BCUT2D eigenvalue weighted by Gasteiger charge is -2.16. The van der Waals surface area contributed by atoms with E-state index < -0.39 is 5.92 Å². The van der Waals surface area contributed by atoms with Gasteiger partial charge in [-0.1, -0.05) is 43.7 Å². The Labute approximate surface area is 176 Å². The molecule has 0 amide bonds. The Morgan fingerprint density at radius 1 is 1.17 bits per heavy atom. The van der Waals surface area contributed by atoms with Gasteiger partial charge in [-0.3, -0.25) is 4.90 Å². The van der Waals surface area contributed by atoms with Crippen molar-refractivity contribution < 1.29 is 13.5 Å². The number of ether oxygens (including phenoxy) is 1. The predicted octanol–water partition coefficient (Wildman–Crippen LogP) is 4.26. The summed E-state index contributed by atoms with van der Waals surface area (Å²) in [5, 5.41) is 0. The molecule has 0 bridgehead atoms. The van der Waals surface area contributed by atoms with Gasteiger partial charge in [0, 0.05) is 25.1 Å². The van der Waals surface area contributed by atoms with E-state index in [9.17, 15) is 8.78 Å². The highest BCUT2D eigenvalue weighted by atomic mass is 19.3. The number of hydrogen-bond donors (Lipinski definition) is 1. The van der Waals surface area contributed by atoms with Crippen LogP contribution >= 0.6 is 0 Å². The summed E-state index contributed by atoms with van der Waals surface area (Å²) < 4.78 is 32.4. The maximum Gasteiger partial charge on any atom is 0.318 e. The molecule has 1 fully saturated rings. The van der Waals surface area contributed by atoms with Crippen LogP contribution in [0.1, 0.15) is 48.6 Å². The van der Waals surface area contributed by atoms with E-state index >= 15 is 0 Å². The van der Waals surface area contributed by atoms with Crippen LogP contribution < -0.4 is 10.5 Å². The van der Waals surface area contributed by atoms with Crippen LogP contribution in [-0.4, -0.2) is 40.5 Å². The number of halogens is 2. The number of fused-ring (bicyclic) bond motifs is 1. The Bertz CT molecular complexity index is 928. The topological polar surface area (TPSA) is 64.3 Å². The maximum absolute atomic E-state index is 13.4. The van der Waals surface area contributed by atoms with Crippen molar-refractivity contribution in [1.82, 2.24) is 14.9 Å². The number of unbranched alkanes of at least 4 members (excludes halogenated alkanes) is 1. The second-order valence-corrected chi connectivity index (χ2v) is 8.16. The molecule has 2 aliphatic rings. The Morgan fingerprint density at radius 2 is 1.93 bits per heavy atom. The summed E-state index contributed by atoms with van der Waals surface area (Å²) in [5.41, 5.74) is 11.3. The molecule has 1 aliphatic heterocycles. The van der Waals surface area contributed by atoms with E-state index in [0.717, 1.165) is 53.6 Å². The van der Waals surface area contributed by atoms with E-state index in [1.54, 1.807) is 0 Å². The van der Waals surface area contributed by atoms with Crippen molar-refractivity contribution in [3.63, 3.8) is 0 Å². The molecule has 0 spiro atoms. The number of nitrogens with zero attached hydrogens (tertiary/aromatic N) is 3. The highest BCUT2D eigenvalue weighted by Gasteiger charge is 2.37. The third kappa shape index (κ3) is 4.78. The number of nitrogen functional groups attached to an aromatic ring is 1. The van der Waals surface area contributed by atoms with E-state index in [2.05, 4.69) is 35.1 Å². The summed E-state index contributed by atoms with van der Waals surface area (Å²) in [6.45, 7) is 3.54. The van der Waals surface area contributed by atoms with Gasteiger partial charge in [-0.25, -0.2) is 8.78 Å². The highest BCUT2D eigenvalue weighted by molar-refractivity contribution is 5.75. The molecule has 1 aliphatic carbocycles. The number of allylic oxidation sites excluding steroid dienone is 2. The van der Waals surface area contributed by atoms with Gasteiger partial charge in [-0.2, -0.15) is 9.97 Å². The van der Waals surface area contributed by atoms with Crippen LogP contribution in [0.4, 0.5) is 14.6 Å². The molecule has 2 N–H and O–H groups in total. The summed E-state index contributed by atoms with van der Waals surface area (Å²) in [6, 6.07) is 8.51. The normalized spacial score (nSPS) is 17.8. The van der Waals surface area contributed by atoms with Crippen molar-refractivity contribution in [2.45, 2.75) is 51.5 Å². The van der Waals surface area contributed by atoms with Gasteiger partial charge in [-0.05, 0) is 36.0 Å². The lowest BCUT2D eigenvalue weighted by Crippen LogP contribution is -2.24. The Balaban J connectivity index is 1.41. The number of aromatic nitrogens is 2. The van der Waals surface area contributed by atoms with E-state index in [-0.39, 0.29) is 13.0 Å². The van der Waals surface area contributed by atoms with Gasteiger partial charge in [0.25, 0.3) is 5.92 Å². The number of rotatable bonds is 8. The predicted molar refractivity (Wildman–Crippen MR) is 114 cm³/mol. The Hall–Kier alpha value is -2.54. The van der Waals surface area contributed by atoms with E-state index in [1.165, 1.54) is 0 Å². The molecule has 30 heavy (non-hydrogen) atoms. The average Bonchev–Trinajstić information content (AvgIpc) is 3.26. The number of hydrogen-bond acceptors (Lipinski definition) is 5. The van der Waals surface area contributed by atoms with E-state index in [4.69, 9.17) is 10.5 Å². The van der Waals surface area contributed by atoms with Crippen molar-refractivity contribution in [1.29, 1.82) is 0 Å². The monoisotopic (exact) mass is 414 g/mol. The summed E-state index contributed by atoms with van der Waals surface area (Å²) in [4.78, 5) is 10.7. The highest BCUT2D eigenvalue weighted by Crippen LogP contribution is 2.33. The lowest BCUT2D eigenvalue weighted by molar-refractivity contribution is 0.0115. The first-order chi connectivity index (χ1) is 14.4. The van der Waals surface area contributed by atoms with Gasteiger partial charge in [0.15, 0.2) is 0 Å². The largest absolute Gasteiger partial charge is 0.463 e. The fraction of sp³-hybridized carbons (Fsp3) is 0.478. The molecule has 0 radical (unpaired) electrons. The van der Waals surface area contributed by atoms with E-state index in [1.807, 2.05) is 17.0 Å². The fourth-order valence-electron chi connectivity index (χ4n) is 3.98. The van der Waals surface area contributed by atoms with Crippen LogP contribution in [-0.2, 0) is 19.4 Å². The zero-order valence-corrected chi connectivity index (χ0v) is 17.3. The van der Waals surface area contributed by atoms with Gasteiger partial charge in [0.1, 0.15) is 5.82 Å². The van der Waals surface area contributed by atoms with Crippen molar-refractivity contribution >= 4 is 11.4 Å². The molecule has 4 rings (SSSR count). The number of anilines is 1. The summed E-state index contributed by atoms with van der Waals surface area (Å²) >= 11 is 0. The third-order valence-corrected chi connectivity index (χ3v) is 5.68. The lowest BCUT2D eigenvalue weighted by atomic mass is 10.0. The maximum atomic E-state index is 13.4. The van der Waals surface area contributed by atoms with Gasteiger partial charge in [0.2, 0.25) is 0 Å². The SMILES string of the molecule is CCCCOc1nc(N)c2c(n1)C(Cc1ccc(CN3CCC(F)(F)C3)cc1)=CC2.